The molecule has 108 valence electrons. The number of nitrogens with one attached hydrogen (secondary N) is 1. The quantitative estimate of drug-likeness (QED) is 0.842. The minimum Gasteiger partial charge on any atom is -0.484 e. The molecule has 0 saturated heterocycles. The molecular weight excluding hydrogens is 254 g/mol. The lowest BCUT2D eigenvalue weighted by Gasteiger charge is -2.12. The second kappa shape index (κ2) is 7.05. The molecule has 0 spiro atoms. The van der Waals surface area contributed by atoms with Crippen LogP contribution in [0.15, 0.2) is 28.9 Å². The van der Waals surface area contributed by atoms with E-state index < -0.39 is 0 Å². The van der Waals surface area contributed by atoms with Gasteiger partial charge in [-0.2, -0.15) is 0 Å². The number of ether oxygens (including phenoxy) is 1. The van der Waals surface area contributed by atoms with Crippen LogP contribution in [0.5, 0.6) is 5.75 Å². The largest absolute Gasteiger partial charge is 0.484 e. The fourth-order valence-corrected chi connectivity index (χ4v) is 1.80. The fourth-order valence-electron chi connectivity index (χ4n) is 1.80. The third-order valence-corrected chi connectivity index (χ3v) is 2.78. The van der Waals surface area contributed by atoms with Crippen LogP contribution in [0.2, 0.25) is 0 Å². The van der Waals surface area contributed by atoms with Gasteiger partial charge in [-0.25, -0.2) is 0 Å². The maximum Gasteiger partial charge on any atom is 0.174 e. The Morgan fingerprint density at radius 1 is 1.30 bits per heavy atom. The highest BCUT2D eigenvalue weighted by molar-refractivity contribution is 5.29. The molecular formula is C15H21N3O2. The molecule has 5 heteroatoms. The number of aromatic nitrogens is 2. The van der Waals surface area contributed by atoms with E-state index >= 15 is 0 Å². The van der Waals surface area contributed by atoms with Crippen LogP contribution in [0, 0.1) is 12.8 Å². The number of pyridine rings is 1. The van der Waals surface area contributed by atoms with Gasteiger partial charge in [0.25, 0.3) is 0 Å². The molecule has 0 aromatic carbocycles. The first kappa shape index (κ1) is 14.5. The van der Waals surface area contributed by atoms with E-state index in [1.807, 2.05) is 19.1 Å². The molecule has 0 saturated carbocycles. The first-order valence-corrected chi connectivity index (χ1v) is 6.84. The SMILES string of the molecule is Cc1ccc(OCc2ccno2)c(CNCC(C)C)n1. The van der Waals surface area contributed by atoms with Crippen LogP contribution in [-0.2, 0) is 13.2 Å². The molecule has 2 aromatic heterocycles. The molecule has 5 nitrogen and oxygen atoms in total. The maximum absolute atomic E-state index is 5.76. The Morgan fingerprint density at radius 3 is 2.85 bits per heavy atom. The van der Waals surface area contributed by atoms with Crippen molar-refractivity contribution in [3.05, 3.63) is 41.5 Å². The molecule has 0 radical (unpaired) electrons. The number of rotatable bonds is 7. The predicted octanol–water partition coefficient (Wildman–Crippen LogP) is 2.70. The number of nitrogens with zero attached hydrogens (tertiary/aromatic N) is 2. The molecule has 0 atom stereocenters. The van der Waals surface area contributed by atoms with E-state index in [1.54, 1.807) is 12.3 Å². The third kappa shape index (κ3) is 4.35. The normalized spacial score (nSPS) is 11.0. The average molecular weight is 275 g/mol. The van der Waals surface area contributed by atoms with Crippen molar-refractivity contribution in [1.29, 1.82) is 0 Å². The average Bonchev–Trinajstić information content (AvgIpc) is 2.90. The van der Waals surface area contributed by atoms with Crippen LogP contribution in [-0.4, -0.2) is 16.7 Å². The van der Waals surface area contributed by atoms with Gasteiger partial charge in [0.15, 0.2) is 5.76 Å². The second-order valence-corrected chi connectivity index (χ2v) is 5.19. The third-order valence-electron chi connectivity index (χ3n) is 2.78. The van der Waals surface area contributed by atoms with Crippen molar-refractivity contribution in [3.8, 4) is 5.75 Å². The van der Waals surface area contributed by atoms with E-state index in [0.29, 0.717) is 24.8 Å². The van der Waals surface area contributed by atoms with Gasteiger partial charge >= 0.3 is 0 Å². The topological polar surface area (TPSA) is 60.2 Å². The lowest BCUT2D eigenvalue weighted by molar-refractivity contribution is 0.246. The van der Waals surface area contributed by atoms with Crippen molar-refractivity contribution < 1.29 is 9.26 Å². The van der Waals surface area contributed by atoms with Crippen molar-refractivity contribution in [1.82, 2.24) is 15.5 Å². The summed E-state index contributed by atoms with van der Waals surface area (Å²) in [4.78, 5) is 4.54. The Morgan fingerprint density at radius 2 is 2.15 bits per heavy atom. The molecule has 2 heterocycles. The standard InChI is InChI=1S/C15H21N3O2/c1-11(2)8-16-9-14-15(5-4-12(3)18-14)19-10-13-6-7-17-20-13/h4-7,11,16H,8-10H2,1-3H3. The van der Waals surface area contributed by atoms with Crippen molar-refractivity contribution in [2.24, 2.45) is 5.92 Å². The molecule has 0 bridgehead atoms. The van der Waals surface area contributed by atoms with E-state index in [4.69, 9.17) is 9.26 Å². The van der Waals surface area contributed by atoms with Crippen LogP contribution in [0.25, 0.3) is 0 Å². The maximum atomic E-state index is 5.76. The smallest absolute Gasteiger partial charge is 0.174 e. The monoisotopic (exact) mass is 275 g/mol. The lowest BCUT2D eigenvalue weighted by atomic mass is 10.2. The minimum absolute atomic E-state index is 0.363. The van der Waals surface area contributed by atoms with Crippen LogP contribution >= 0.6 is 0 Å². The first-order chi connectivity index (χ1) is 9.65. The number of aryl methyl sites for hydroxylation is 1. The van der Waals surface area contributed by atoms with Crippen LogP contribution < -0.4 is 10.1 Å². The Labute approximate surface area is 119 Å². The molecule has 20 heavy (non-hydrogen) atoms. The summed E-state index contributed by atoms with van der Waals surface area (Å²) < 4.78 is 10.8. The molecule has 2 aromatic rings. The summed E-state index contributed by atoms with van der Waals surface area (Å²) in [5.41, 5.74) is 1.91. The zero-order chi connectivity index (χ0) is 14.4. The van der Waals surface area contributed by atoms with Gasteiger partial charge in [0.2, 0.25) is 0 Å². The van der Waals surface area contributed by atoms with Gasteiger partial charge in [-0.15, -0.1) is 0 Å². The Balaban J connectivity index is 1.99. The Bertz CT molecular complexity index is 524. The molecule has 0 fully saturated rings. The Kier molecular flexibility index (Phi) is 5.12. The molecule has 0 aliphatic rings. The van der Waals surface area contributed by atoms with Crippen LogP contribution in [0.3, 0.4) is 0 Å². The van der Waals surface area contributed by atoms with Gasteiger partial charge in [0, 0.05) is 18.3 Å². The van der Waals surface area contributed by atoms with E-state index in [0.717, 1.165) is 23.7 Å². The summed E-state index contributed by atoms with van der Waals surface area (Å²) in [7, 11) is 0. The first-order valence-electron chi connectivity index (χ1n) is 6.84. The molecule has 0 unspecified atom stereocenters. The van der Waals surface area contributed by atoms with Gasteiger partial charge in [-0.05, 0) is 31.5 Å². The molecule has 0 aliphatic heterocycles. The zero-order valence-electron chi connectivity index (χ0n) is 12.2. The summed E-state index contributed by atoms with van der Waals surface area (Å²) in [6.07, 6.45) is 1.61. The highest BCUT2D eigenvalue weighted by Crippen LogP contribution is 2.18. The zero-order valence-corrected chi connectivity index (χ0v) is 12.2. The van der Waals surface area contributed by atoms with E-state index in [2.05, 4.69) is 29.3 Å². The van der Waals surface area contributed by atoms with E-state index in [9.17, 15) is 0 Å². The number of hydrogen-bond acceptors (Lipinski definition) is 5. The van der Waals surface area contributed by atoms with E-state index in [-0.39, 0.29) is 0 Å². The molecule has 0 aliphatic carbocycles. The van der Waals surface area contributed by atoms with Crippen molar-refractivity contribution in [2.75, 3.05) is 6.54 Å². The predicted molar refractivity (Wildman–Crippen MR) is 76.4 cm³/mol. The van der Waals surface area contributed by atoms with Gasteiger partial charge in [-0.1, -0.05) is 19.0 Å². The van der Waals surface area contributed by atoms with Gasteiger partial charge in [-0.3, -0.25) is 4.98 Å². The van der Waals surface area contributed by atoms with E-state index in [1.165, 1.54) is 0 Å². The lowest BCUT2D eigenvalue weighted by Crippen LogP contribution is -2.20. The van der Waals surface area contributed by atoms with Crippen molar-refractivity contribution >= 4 is 0 Å². The van der Waals surface area contributed by atoms with Gasteiger partial charge in [0.05, 0.1) is 11.9 Å². The summed E-state index contributed by atoms with van der Waals surface area (Å²) in [5.74, 6) is 2.09. The van der Waals surface area contributed by atoms with Gasteiger partial charge in [0.1, 0.15) is 12.4 Å². The number of hydrogen-bond donors (Lipinski definition) is 1. The van der Waals surface area contributed by atoms with Crippen molar-refractivity contribution in [3.63, 3.8) is 0 Å². The highest BCUT2D eigenvalue weighted by Gasteiger charge is 2.08. The van der Waals surface area contributed by atoms with Crippen molar-refractivity contribution in [2.45, 2.75) is 33.9 Å². The summed E-state index contributed by atoms with van der Waals surface area (Å²) in [6, 6.07) is 5.69. The summed E-state index contributed by atoms with van der Waals surface area (Å²) in [6.45, 7) is 8.35. The molecule has 1 N–H and O–H groups in total. The minimum atomic E-state index is 0.363. The molecule has 2 rings (SSSR count). The second-order valence-electron chi connectivity index (χ2n) is 5.19. The molecule has 0 amide bonds. The van der Waals surface area contributed by atoms with Crippen LogP contribution in [0.4, 0.5) is 0 Å². The summed E-state index contributed by atoms with van der Waals surface area (Å²) in [5, 5.41) is 7.04. The summed E-state index contributed by atoms with van der Waals surface area (Å²) >= 11 is 0. The Hall–Kier alpha value is -1.88. The van der Waals surface area contributed by atoms with Gasteiger partial charge < -0.3 is 14.6 Å². The van der Waals surface area contributed by atoms with Crippen LogP contribution in [0.1, 0.15) is 31.0 Å². The highest BCUT2D eigenvalue weighted by atomic mass is 16.5. The fraction of sp³-hybridized carbons (Fsp3) is 0.467.